The van der Waals surface area contributed by atoms with Crippen molar-refractivity contribution in [3.8, 4) is 11.8 Å². The molecule has 0 aromatic heterocycles. The molecule has 10 heteroatoms. The van der Waals surface area contributed by atoms with E-state index in [0.29, 0.717) is 12.8 Å². The fourth-order valence-electron chi connectivity index (χ4n) is 3.02. The van der Waals surface area contributed by atoms with Gasteiger partial charge in [-0.2, -0.15) is 14.0 Å². The molecule has 0 bridgehead atoms. The molecular weight excluding hydrogens is 388 g/mol. The van der Waals surface area contributed by atoms with Crippen LogP contribution in [0.25, 0.3) is 0 Å². The number of ether oxygens (including phenoxy) is 2. The molecule has 0 saturated heterocycles. The second-order valence-corrected chi connectivity index (χ2v) is 6.52. The summed E-state index contributed by atoms with van der Waals surface area (Å²) in [6.45, 7) is -4.27. The Morgan fingerprint density at radius 1 is 1.17 bits per heavy atom. The highest BCUT2D eigenvalue weighted by atomic mass is 19.3. The highest BCUT2D eigenvalue weighted by molar-refractivity contribution is 5.98. The van der Waals surface area contributed by atoms with Crippen molar-refractivity contribution in [1.82, 2.24) is 10.6 Å². The fraction of sp³-hybridized carbons (Fsp3) is 0.474. The van der Waals surface area contributed by atoms with Crippen molar-refractivity contribution in [3.05, 3.63) is 29.8 Å². The minimum atomic E-state index is -3.10. The van der Waals surface area contributed by atoms with Gasteiger partial charge in [0, 0.05) is 0 Å². The number of para-hydroxylation sites is 1. The summed E-state index contributed by atoms with van der Waals surface area (Å²) in [5.74, 6) is -2.64. The summed E-state index contributed by atoms with van der Waals surface area (Å²) >= 11 is 0. The first-order chi connectivity index (χ1) is 13.8. The Balaban J connectivity index is 1.79. The lowest BCUT2D eigenvalue weighted by molar-refractivity contribution is -0.148. The number of carbonyl (C=O) groups excluding carboxylic acids is 3. The Kier molecular flexibility index (Phi) is 7.88. The number of nitriles is 1. The molecule has 1 aliphatic rings. The number of nitrogens with zero attached hydrogens (tertiary/aromatic N) is 1. The van der Waals surface area contributed by atoms with E-state index >= 15 is 0 Å². The molecule has 156 valence electrons. The van der Waals surface area contributed by atoms with Crippen molar-refractivity contribution < 1.29 is 32.6 Å². The fourth-order valence-corrected chi connectivity index (χ4v) is 3.02. The number of carbonyl (C=O) groups is 3. The zero-order valence-corrected chi connectivity index (χ0v) is 15.6. The smallest absolute Gasteiger partial charge is 0.387 e. The maximum Gasteiger partial charge on any atom is 0.387 e. The van der Waals surface area contributed by atoms with Crippen LogP contribution in [0.2, 0.25) is 0 Å². The Morgan fingerprint density at radius 2 is 1.86 bits per heavy atom. The van der Waals surface area contributed by atoms with Gasteiger partial charge in [0.1, 0.15) is 17.8 Å². The van der Waals surface area contributed by atoms with E-state index in [1.54, 1.807) is 0 Å². The largest absolute Gasteiger partial charge is 0.454 e. The number of halogens is 2. The number of alkyl halides is 2. The number of nitrogens with one attached hydrogen (secondary N) is 2. The number of hydrogen-bond donors (Lipinski definition) is 2. The van der Waals surface area contributed by atoms with E-state index in [9.17, 15) is 28.4 Å². The first-order valence-corrected chi connectivity index (χ1v) is 9.05. The van der Waals surface area contributed by atoms with E-state index < -0.39 is 43.1 Å². The van der Waals surface area contributed by atoms with Crippen LogP contribution in [0, 0.1) is 11.3 Å². The molecule has 2 amide bonds. The molecule has 1 fully saturated rings. The zero-order valence-electron chi connectivity index (χ0n) is 15.6. The Morgan fingerprint density at radius 3 is 2.52 bits per heavy atom. The third-order valence-electron chi connectivity index (χ3n) is 4.41. The summed E-state index contributed by atoms with van der Waals surface area (Å²) in [4.78, 5) is 35.8. The molecule has 1 aliphatic carbocycles. The predicted octanol–water partition coefficient (Wildman–Crippen LogP) is 1.90. The van der Waals surface area contributed by atoms with E-state index in [0.717, 1.165) is 19.3 Å². The zero-order chi connectivity index (χ0) is 21.3. The SMILES string of the molecule is N#CC1(NC(=O)COC(=O)CNC(=O)c2ccccc2OC(F)F)CCCCC1. The second-order valence-electron chi connectivity index (χ2n) is 6.52. The van der Waals surface area contributed by atoms with Crippen LogP contribution >= 0.6 is 0 Å². The molecule has 2 rings (SSSR count). The monoisotopic (exact) mass is 409 g/mol. The molecule has 29 heavy (non-hydrogen) atoms. The molecule has 0 radical (unpaired) electrons. The third-order valence-corrected chi connectivity index (χ3v) is 4.41. The highest BCUT2D eigenvalue weighted by Gasteiger charge is 2.33. The van der Waals surface area contributed by atoms with Gasteiger partial charge in [-0.3, -0.25) is 14.4 Å². The summed E-state index contributed by atoms with van der Waals surface area (Å²) in [6.07, 6.45) is 3.74. The van der Waals surface area contributed by atoms with E-state index in [1.807, 2.05) is 0 Å². The minimum Gasteiger partial charge on any atom is -0.454 e. The Hall–Kier alpha value is -3.22. The quantitative estimate of drug-likeness (QED) is 0.634. The number of rotatable bonds is 8. The summed E-state index contributed by atoms with van der Waals surface area (Å²) in [6, 6.07) is 7.44. The molecular formula is C19H21F2N3O5. The predicted molar refractivity (Wildman–Crippen MR) is 95.9 cm³/mol. The van der Waals surface area contributed by atoms with E-state index in [1.165, 1.54) is 24.3 Å². The summed E-state index contributed by atoms with van der Waals surface area (Å²) in [7, 11) is 0. The average Bonchev–Trinajstić information content (AvgIpc) is 2.71. The van der Waals surface area contributed by atoms with Crippen LogP contribution in [-0.4, -0.2) is 43.1 Å². The van der Waals surface area contributed by atoms with E-state index in [4.69, 9.17) is 4.74 Å². The van der Waals surface area contributed by atoms with Crippen molar-refractivity contribution in [2.45, 2.75) is 44.3 Å². The third kappa shape index (κ3) is 6.71. The normalized spacial score (nSPS) is 15.1. The van der Waals surface area contributed by atoms with Gasteiger partial charge in [-0.05, 0) is 25.0 Å². The van der Waals surface area contributed by atoms with Gasteiger partial charge >= 0.3 is 12.6 Å². The summed E-state index contributed by atoms with van der Waals surface area (Å²) in [5, 5.41) is 14.1. The molecule has 0 atom stereocenters. The van der Waals surface area contributed by atoms with Gasteiger partial charge in [0.05, 0.1) is 11.6 Å². The van der Waals surface area contributed by atoms with Crippen LogP contribution < -0.4 is 15.4 Å². The van der Waals surface area contributed by atoms with Crippen LogP contribution in [0.4, 0.5) is 8.78 Å². The lowest BCUT2D eigenvalue weighted by Gasteiger charge is -2.31. The first-order valence-electron chi connectivity index (χ1n) is 9.05. The van der Waals surface area contributed by atoms with Gasteiger partial charge in [0.15, 0.2) is 6.61 Å². The van der Waals surface area contributed by atoms with Crippen LogP contribution in [0.3, 0.4) is 0 Å². The molecule has 8 nitrogen and oxygen atoms in total. The molecule has 0 aliphatic heterocycles. The second kappa shape index (κ2) is 10.4. The van der Waals surface area contributed by atoms with Crippen molar-refractivity contribution in [2.24, 2.45) is 0 Å². The van der Waals surface area contributed by atoms with Crippen LogP contribution in [0.5, 0.6) is 5.75 Å². The van der Waals surface area contributed by atoms with Crippen molar-refractivity contribution in [2.75, 3.05) is 13.2 Å². The number of hydrogen-bond acceptors (Lipinski definition) is 6. The van der Waals surface area contributed by atoms with Crippen molar-refractivity contribution in [3.63, 3.8) is 0 Å². The van der Waals surface area contributed by atoms with Crippen LogP contribution in [0.15, 0.2) is 24.3 Å². The van der Waals surface area contributed by atoms with Crippen LogP contribution in [-0.2, 0) is 14.3 Å². The molecule has 1 saturated carbocycles. The Bertz CT molecular complexity index is 788. The van der Waals surface area contributed by atoms with Gasteiger partial charge in [-0.15, -0.1) is 0 Å². The number of esters is 1. The van der Waals surface area contributed by atoms with E-state index in [-0.39, 0.29) is 11.3 Å². The van der Waals surface area contributed by atoms with Crippen molar-refractivity contribution >= 4 is 17.8 Å². The summed E-state index contributed by atoms with van der Waals surface area (Å²) < 4.78 is 33.8. The molecule has 0 unspecified atom stereocenters. The Labute approximate surface area is 166 Å². The first kappa shape index (κ1) is 22.1. The van der Waals surface area contributed by atoms with Crippen molar-refractivity contribution in [1.29, 1.82) is 5.26 Å². The van der Waals surface area contributed by atoms with Gasteiger partial charge in [0.25, 0.3) is 11.8 Å². The maximum absolute atomic E-state index is 12.4. The highest BCUT2D eigenvalue weighted by Crippen LogP contribution is 2.27. The topological polar surface area (TPSA) is 118 Å². The van der Waals surface area contributed by atoms with Gasteiger partial charge in [0.2, 0.25) is 0 Å². The molecule has 1 aromatic rings. The number of amides is 2. The van der Waals surface area contributed by atoms with Crippen LogP contribution in [0.1, 0.15) is 42.5 Å². The lowest BCUT2D eigenvalue weighted by atomic mass is 9.83. The molecule has 2 N–H and O–H groups in total. The van der Waals surface area contributed by atoms with Gasteiger partial charge < -0.3 is 20.1 Å². The standard InChI is InChI=1S/C19H21F2N3O5/c20-18(21)29-14-7-3-2-6-13(14)17(27)23-10-16(26)28-11-15(25)24-19(12-22)8-4-1-5-9-19/h2-3,6-7,18H,1,4-5,8-11H2,(H,23,27)(H,24,25). The molecule has 0 heterocycles. The summed E-state index contributed by atoms with van der Waals surface area (Å²) in [5.41, 5.74) is -1.11. The lowest BCUT2D eigenvalue weighted by Crippen LogP contribution is -2.50. The minimum absolute atomic E-state index is 0.174. The van der Waals surface area contributed by atoms with Gasteiger partial charge in [-0.25, -0.2) is 0 Å². The average molecular weight is 409 g/mol. The maximum atomic E-state index is 12.4. The van der Waals surface area contributed by atoms with Gasteiger partial charge in [-0.1, -0.05) is 31.4 Å². The van der Waals surface area contributed by atoms with E-state index in [2.05, 4.69) is 21.4 Å². The number of benzene rings is 1. The molecule has 1 aromatic carbocycles. The molecule has 0 spiro atoms.